The number of amides is 1. The molecule has 0 aliphatic heterocycles. The lowest BCUT2D eigenvalue weighted by Crippen LogP contribution is -2.32. The van der Waals surface area contributed by atoms with E-state index in [0.717, 1.165) is 38.8 Å². The number of ether oxygens (including phenoxy) is 1. The van der Waals surface area contributed by atoms with E-state index < -0.39 is 0 Å². The van der Waals surface area contributed by atoms with E-state index >= 15 is 0 Å². The van der Waals surface area contributed by atoms with Gasteiger partial charge in [-0.1, -0.05) is 38.0 Å². The first-order valence-corrected chi connectivity index (χ1v) is 9.09. The van der Waals surface area contributed by atoms with E-state index in [1.165, 1.54) is 11.3 Å². The Bertz CT molecular complexity index is 574. The number of benzene rings is 1. The molecule has 0 aliphatic rings. The minimum Gasteiger partial charge on any atom is -0.431 e. The number of nitrogens with zero attached hydrogens (tertiary/aromatic N) is 2. The predicted molar refractivity (Wildman–Crippen MR) is 94.3 cm³/mol. The summed E-state index contributed by atoms with van der Waals surface area (Å²) in [6.07, 6.45) is 5.98. The molecule has 1 aromatic carbocycles. The van der Waals surface area contributed by atoms with Gasteiger partial charge in [-0.3, -0.25) is 4.79 Å². The van der Waals surface area contributed by atoms with E-state index in [1.54, 1.807) is 6.20 Å². The summed E-state index contributed by atoms with van der Waals surface area (Å²) in [6.45, 7) is 5.94. The molecular formula is C18H24N2O2S. The molecule has 1 aromatic heterocycles. The quantitative estimate of drug-likeness (QED) is 0.650. The van der Waals surface area contributed by atoms with Crippen LogP contribution in [0.1, 0.15) is 49.9 Å². The zero-order valence-electron chi connectivity index (χ0n) is 13.8. The van der Waals surface area contributed by atoms with Crippen LogP contribution in [0, 0.1) is 0 Å². The van der Waals surface area contributed by atoms with E-state index in [0.29, 0.717) is 16.5 Å². The molecule has 0 N–H and O–H groups in total. The molecule has 0 aliphatic carbocycles. The topological polar surface area (TPSA) is 42.4 Å². The van der Waals surface area contributed by atoms with E-state index in [2.05, 4.69) is 18.8 Å². The molecule has 5 heteroatoms. The summed E-state index contributed by atoms with van der Waals surface area (Å²) < 4.78 is 5.63. The lowest BCUT2D eigenvalue weighted by atomic mass is 10.1. The van der Waals surface area contributed by atoms with Crippen LogP contribution in [0.2, 0.25) is 0 Å². The Labute approximate surface area is 142 Å². The van der Waals surface area contributed by atoms with E-state index in [4.69, 9.17) is 4.74 Å². The van der Waals surface area contributed by atoms with Gasteiger partial charge in [0.05, 0.1) is 0 Å². The summed E-state index contributed by atoms with van der Waals surface area (Å²) in [6, 6.07) is 7.31. The number of thiazole rings is 1. The fourth-order valence-electron chi connectivity index (χ4n) is 2.22. The monoisotopic (exact) mass is 332 g/mol. The summed E-state index contributed by atoms with van der Waals surface area (Å²) in [7, 11) is 0. The van der Waals surface area contributed by atoms with Gasteiger partial charge in [-0.2, -0.15) is 0 Å². The summed E-state index contributed by atoms with van der Waals surface area (Å²) in [5.74, 6) is 0.804. The lowest BCUT2D eigenvalue weighted by molar-refractivity contribution is 0.0751. The molecule has 0 spiro atoms. The molecule has 0 atom stereocenters. The zero-order chi connectivity index (χ0) is 16.5. The van der Waals surface area contributed by atoms with Crippen molar-refractivity contribution in [2.24, 2.45) is 0 Å². The van der Waals surface area contributed by atoms with Crippen LogP contribution >= 0.6 is 11.3 Å². The average molecular weight is 332 g/mol. The summed E-state index contributed by atoms with van der Waals surface area (Å²) in [4.78, 5) is 18.7. The third-order valence-electron chi connectivity index (χ3n) is 3.57. The Kier molecular flexibility index (Phi) is 7.07. The molecule has 2 aromatic rings. The molecular weight excluding hydrogens is 308 g/mol. The first-order valence-electron chi connectivity index (χ1n) is 8.21. The highest BCUT2D eigenvalue weighted by molar-refractivity contribution is 7.11. The molecule has 0 radical (unpaired) electrons. The normalized spacial score (nSPS) is 10.5. The van der Waals surface area contributed by atoms with Crippen molar-refractivity contribution in [3.05, 3.63) is 41.4 Å². The Balaban J connectivity index is 2.01. The molecule has 0 fully saturated rings. The Morgan fingerprint density at radius 1 is 1.13 bits per heavy atom. The van der Waals surface area contributed by atoms with Crippen LogP contribution in [0.3, 0.4) is 0 Å². The highest BCUT2D eigenvalue weighted by Crippen LogP contribution is 2.23. The minimum absolute atomic E-state index is 0.104. The molecule has 23 heavy (non-hydrogen) atoms. The Morgan fingerprint density at radius 2 is 1.78 bits per heavy atom. The maximum Gasteiger partial charge on any atom is 0.278 e. The number of hydrogen-bond acceptors (Lipinski definition) is 4. The number of aromatic nitrogens is 1. The molecule has 0 saturated carbocycles. The smallest absolute Gasteiger partial charge is 0.278 e. The van der Waals surface area contributed by atoms with Gasteiger partial charge in [-0.25, -0.2) is 4.98 Å². The molecule has 4 nitrogen and oxygen atoms in total. The lowest BCUT2D eigenvalue weighted by Gasteiger charge is -2.22. The highest BCUT2D eigenvalue weighted by atomic mass is 32.1. The average Bonchev–Trinajstić information content (AvgIpc) is 3.08. The predicted octanol–water partition coefficient (Wildman–Crippen LogP) is 4.98. The third kappa shape index (κ3) is 5.36. The zero-order valence-corrected chi connectivity index (χ0v) is 14.6. The van der Waals surface area contributed by atoms with Gasteiger partial charge in [0.15, 0.2) is 0 Å². The summed E-state index contributed by atoms with van der Waals surface area (Å²) >= 11 is 1.44. The van der Waals surface area contributed by atoms with Crippen LogP contribution in [0.4, 0.5) is 0 Å². The molecule has 0 unspecified atom stereocenters. The van der Waals surface area contributed by atoms with E-state index in [1.807, 2.05) is 34.5 Å². The number of rotatable bonds is 9. The van der Waals surface area contributed by atoms with Gasteiger partial charge < -0.3 is 9.64 Å². The van der Waals surface area contributed by atoms with Gasteiger partial charge in [-0.05, 0) is 37.1 Å². The van der Waals surface area contributed by atoms with Gasteiger partial charge in [-0.15, -0.1) is 0 Å². The first-order chi connectivity index (χ1) is 11.2. The second-order valence-electron chi connectivity index (χ2n) is 5.42. The number of carbonyl (C=O) groups excluding carboxylic acids is 1. The van der Waals surface area contributed by atoms with Gasteiger partial charge in [0, 0.05) is 30.2 Å². The molecule has 2 rings (SSSR count). The third-order valence-corrected chi connectivity index (χ3v) is 4.21. The molecule has 124 valence electrons. The SMILES string of the molecule is CCCCN(CCCC)C(=O)c1ccc(Oc2nccs2)cc1. The number of hydrogen-bond donors (Lipinski definition) is 0. The molecule has 1 heterocycles. The van der Waals surface area contributed by atoms with Crippen LogP contribution in [0.5, 0.6) is 10.9 Å². The van der Waals surface area contributed by atoms with Crippen molar-refractivity contribution in [3.8, 4) is 10.9 Å². The Hall–Kier alpha value is -1.88. The summed E-state index contributed by atoms with van der Waals surface area (Å²) in [5.41, 5.74) is 0.712. The van der Waals surface area contributed by atoms with Gasteiger partial charge >= 0.3 is 0 Å². The number of carbonyl (C=O) groups is 1. The van der Waals surface area contributed by atoms with Crippen LogP contribution in [-0.2, 0) is 0 Å². The fraction of sp³-hybridized carbons (Fsp3) is 0.444. The van der Waals surface area contributed by atoms with Crippen molar-refractivity contribution in [1.29, 1.82) is 0 Å². The van der Waals surface area contributed by atoms with Crippen molar-refractivity contribution in [1.82, 2.24) is 9.88 Å². The second-order valence-corrected chi connectivity index (χ2v) is 6.28. The second kappa shape index (κ2) is 9.30. The maximum absolute atomic E-state index is 12.7. The molecule has 1 amide bonds. The first kappa shape index (κ1) is 17.5. The maximum atomic E-state index is 12.7. The number of unbranched alkanes of at least 4 members (excludes halogenated alkanes) is 2. The van der Waals surface area contributed by atoms with Crippen LogP contribution < -0.4 is 4.74 Å². The van der Waals surface area contributed by atoms with Crippen molar-refractivity contribution in [3.63, 3.8) is 0 Å². The van der Waals surface area contributed by atoms with Crippen molar-refractivity contribution in [2.75, 3.05) is 13.1 Å². The van der Waals surface area contributed by atoms with Gasteiger partial charge in [0.2, 0.25) is 0 Å². The molecule has 0 saturated heterocycles. The van der Waals surface area contributed by atoms with Crippen molar-refractivity contribution in [2.45, 2.75) is 39.5 Å². The van der Waals surface area contributed by atoms with E-state index in [-0.39, 0.29) is 5.91 Å². The largest absolute Gasteiger partial charge is 0.431 e. The standard InChI is InChI=1S/C18H24N2O2S/c1-3-5-12-20(13-6-4-2)17(21)15-7-9-16(10-8-15)22-18-19-11-14-23-18/h7-11,14H,3-6,12-13H2,1-2H3. The Morgan fingerprint density at radius 3 is 2.30 bits per heavy atom. The van der Waals surface area contributed by atoms with E-state index in [9.17, 15) is 4.79 Å². The van der Waals surface area contributed by atoms with Crippen molar-refractivity contribution < 1.29 is 9.53 Å². The van der Waals surface area contributed by atoms with Crippen LogP contribution in [-0.4, -0.2) is 28.9 Å². The van der Waals surface area contributed by atoms with Crippen molar-refractivity contribution >= 4 is 17.2 Å². The highest BCUT2D eigenvalue weighted by Gasteiger charge is 2.15. The minimum atomic E-state index is 0.104. The van der Waals surface area contributed by atoms with Gasteiger partial charge in [0.1, 0.15) is 5.75 Å². The van der Waals surface area contributed by atoms with Crippen LogP contribution in [0.15, 0.2) is 35.8 Å². The van der Waals surface area contributed by atoms with Crippen LogP contribution in [0.25, 0.3) is 0 Å². The fourth-order valence-corrected chi connectivity index (χ4v) is 2.73. The molecule has 0 bridgehead atoms. The van der Waals surface area contributed by atoms with Gasteiger partial charge in [0.25, 0.3) is 11.1 Å². The summed E-state index contributed by atoms with van der Waals surface area (Å²) in [5, 5.41) is 2.48.